The third-order valence-corrected chi connectivity index (χ3v) is 7.93. The fraction of sp³-hybridized carbons (Fsp3) is 0.333. The predicted octanol–water partition coefficient (Wildman–Crippen LogP) is 3.18. The number of aromatic nitrogens is 2. The molecule has 7 nitrogen and oxygen atoms in total. The van der Waals surface area contributed by atoms with Gasteiger partial charge in [0.2, 0.25) is 10.0 Å². The van der Waals surface area contributed by atoms with E-state index in [1.807, 2.05) is 4.57 Å². The van der Waals surface area contributed by atoms with E-state index >= 15 is 0 Å². The lowest BCUT2D eigenvalue weighted by molar-refractivity contribution is -0.139. The highest BCUT2D eigenvalue weighted by molar-refractivity contribution is 7.89. The first kappa shape index (κ1) is 21.7. The number of sulfonamides is 1. The molecule has 0 N–H and O–H groups in total. The van der Waals surface area contributed by atoms with Crippen molar-refractivity contribution < 1.29 is 22.3 Å². The number of carbonyl (C=O) groups excluding carboxylic acids is 1. The number of hydrogen-bond donors (Lipinski definition) is 0. The second-order valence-corrected chi connectivity index (χ2v) is 9.87. The minimum atomic E-state index is -3.79. The fourth-order valence-corrected chi connectivity index (χ4v) is 5.65. The van der Waals surface area contributed by atoms with E-state index in [4.69, 9.17) is 16.3 Å². The van der Waals surface area contributed by atoms with Crippen molar-refractivity contribution >= 4 is 38.5 Å². The molecule has 0 fully saturated rings. The average Bonchev–Trinajstić information content (AvgIpc) is 3.05. The first-order valence-corrected chi connectivity index (χ1v) is 11.5. The molecule has 0 bridgehead atoms. The minimum absolute atomic E-state index is 0.0400. The van der Waals surface area contributed by atoms with Crippen LogP contribution in [0.25, 0.3) is 10.9 Å². The summed E-state index contributed by atoms with van der Waals surface area (Å²) in [6, 6.07) is 6.19. The molecule has 0 saturated heterocycles. The molecular formula is C21H21ClFN3O4S. The number of ether oxygens (including phenoxy) is 1. The Morgan fingerprint density at radius 3 is 2.74 bits per heavy atom. The number of benzene rings is 1. The molecule has 0 spiro atoms. The Balaban J connectivity index is 1.72. The van der Waals surface area contributed by atoms with Gasteiger partial charge in [0, 0.05) is 36.9 Å². The monoisotopic (exact) mass is 465 g/mol. The average molecular weight is 466 g/mol. The summed E-state index contributed by atoms with van der Waals surface area (Å²) in [5.41, 5.74) is 2.58. The van der Waals surface area contributed by atoms with Crippen molar-refractivity contribution in [2.75, 3.05) is 14.2 Å². The van der Waals surface area contributed by atoms with Gasteiger partial charge in [0.25, 0.3) is 0 Å². The third-order valence-electron chi connectivity index (χ3n) is 5.80. The van der Waals surface area contributed by atoms with Crippen molar-refractivity contribution in [2.24, 2.45) is 0 Å². The molecule has 1 aliphatic rings. The van der Waals surface area contributed by atoms with Crippen molar-refractivity contribution in [2.45, 2.75) is 36.7 Å². The predicted molar refractivity (Wildman–Crippen MR) is 114 cm³/mol. The molecule has 0 radical (unpaired) electrons. The van der Waals surface area contributed by atoms with Gasteiger partial charge < -0.3 is 9.30 Å². The maximum Gasteiger partial charge on any atom is 0.310 e. The highest BCUT2D eigenvalue weighted by atomic mass is 35.5. The van der Waals surface area contributed by atoms with Crippen LogP contribution >= 0.6 is 11.6 Å². The van der Waals surface area contributed by atoms with E-state index in [1.54, 1.807) is 12.3 Å². The Morgan fingerprint density at radius 1 is 1.35 bits per heavy atom. The zero-order chi connectivity index (χ0) is 22.3. The Hall–Kier alpha value is -2.49. The molecule has 2 aromatic heterocycles. The summed E-state index contributed by atoms with van der Waals surface area (Å²) in [6.07, 6.45) is 2.89. The van der Waals surface area contributed by atoms with Crippen molar-refractivity contribution in [1.82, 2.24) is 13.9 Å². The molecule has 3 heterocycles. The SMILES string of the molecule is COC(=O)Cc1c2n(c3cc(Cl)ncc13)CC(N(C)S(=O)(=O)c1ccc(F)cc1)CC2. The van der Waals surface area contributed by atoms with Crippen LogP contribution in [0.1, 0.15) is 17.7 Å². The third kappa shape index (κ3) is 3.93. The van der Waals surface area contributed by atoms with Crippen LogP contribution in [-0.4, -0.2) is 48.4 Å². The van der Waals surface area contributed by atoms with Gasteiger partial charge in [0.15, 0.2) is 0 Å². The van der Waals surface area contributed by atoms with Gasteiger partial charge in [-0.05, 0) is 48.7 Å². The van der Waals surface area contributed by atoms with E-state index < -0.39 is 15.8 Å². The largest absolute Gasteiger partial charge is 0.469 e. The first-order chi connectivity index (χ1) is 14.7. The molecule has 0 saturated carbocycles. The van der Waals surface area contributed by atoms with E-state index in [0.29, 0.717) is 24.5 Å². The van der Waals surface area contributed by atoms with Crippen LogP contribution in [0.15, 0.2) is 41.4 Å². The van der Waals surface area contributed by atoms with Crippen molar-refractivity contribution in [3.63, 3.8) is 0 Å². The number of pyridine rings is 1. The number of carbonyl (C=O) groups is 1. The lowest BCUT2D eigenvalue weighted by Crippen LogP contribution is -2.42. The molecule has 1 aliphatic heterocycles. The van der Waals surface area contributed by atoms with E-state index in [2.05, 4.69) is 4.98 Å². The molecule has 4 rings (SSSR count). The van der Waals surface area contributed by atoms with E-state index in [9.17, 15) is 17.6 Å². The number of nitrogens with zero attached hydrogens (tertiary/aromatic N) is 3. The van der Waals surface area contributed by atoms with Crippen LogP contribution in [0.3, 0.4) is 0 Å². The van der Waals surface area contributed by atoms with Crippen molar-refractivity contribution in [1.29, 1.82) is 0 Å². The zero-order valence-corrected chi connectivity index (χ0v) is 18.6. The van der Waals surface area contributed by atoms with E-state index in [0.717, 1.165) is 34.3 Å². The second-order valence-electron chi connectivity index (χ2n) is 7.48. The standard InChI is InChI=1S/C21H21ClFN3O4S/c1-25(31(28,29)15-6-3-13(23)4-7-15)14-5-8-18-16(9-21(27)30-2)17-11-24-20(22)10-19(17)26(18)12-14/h3-4,6-7,10-11,14H,5,8-9,12H2,1-2H3. The normalized spacial score (nSPS) is 16.5. The Bertz CT molecular complexity index is 1260. The summed E-state index contributed by atoms with van der Waals surface area (Å²) in [4.78, 5) is 16.2. The number of methoxy groups -OCH3 is 1. The van der Waals surface area contributed by atoms with E-state index in [-0.39, 0.29) is 23.3 Å². The fourth-order valence-electron chi connectivity index (χ4n) is 4.12. The molecule has 164 valence electrons. The van der Waals surface area contributed by atoms with Crippen LogP contribution in [0.4, 0.5) is 4.39 Å². The zero-order valence-electron chi connectivity index (χ0n) is 17.0. The molecule has 0 amide bonds. The molecule has 1 unspecified atom stereocenters. The molecule has 3 aromatic rings. The summed E-state index contributed by atoms with van der Waals surface area (Å²) in [7, 11) is -0.922. The summed E-state index contributed by atoms with van der Waals surface area (Å²) in [5, 5.41) is 1.11. The number of esters is 1. The van der Waals surface area contributed by atoms with Gasteiger partial charge in [-0.15, -0.1) is 0 Å². The van der Waals surface area contributed by atoms with Crippen LogP contribution in [0.2, 0.25) is 5.15 Å². The highest BCUT2D eigenvalue weighted by Crippen LogP contribution is 2.34. The lowest BCUT2D eigenvalue weighted by Gasteiger charge is -2.32. The molecular weight excluding hydrogens is 445 g/mol. The maximum absolute atomic E-state index is 13.2. The lowest BCUT2D eigenvalue weighted by atomic mass is 10.0. The summed E-state index contributed by atoms with van der Waals surface area (Å²) in [5.74, 6) is -0.852. The smallest absolute Gasteiger partial charge is 0.310 e. The molecule has 31 heavy (non-hydrogen) atoms. The van der Waals surface area contributed by atoms with Gasteiger partial charge in [0.1, 0.15) is 11.0 Å². The van der Waals surface area contributed by atoms with E-state index in [1.165, 1.54) is 30.6 Å². The quantitative estimate of drug-likeness (QED) is 0.427. The number of hydrogen-bond acceptors (Lipinski definition) is 5. The van der Waals surface area contributed by atoms with Crippen LogP contribution in [0.5, 0.6) is 0 Å². The van der Waals surface area contributed by atoms with Crippen molar-refractivity contribution in [3.05, 3.63) is 58.8 Å². The Kier molecular flexibility index (Phi) is 5.76. The number of rotatable bonds is 5. The van der Waals surface area contributed by atoms with Crippen molar-refractivity contribution in [3.8, 4) is 0 Å². The summed E-state index contributed by atoms with van der Waals surface area (Å²) >= 11 is 6.11. The molecule has 1 aromatic carbocycles. The van der Waals surface area contributed by atoms with Gasteiger partial charge in [-0.3, -0.25) is 4.79 Å². The number of halogens is 2. The van der Waals surface area contributed by atoms with Gasteiger partial charge in [-0.2, -0.15) is 4.31 Å². The highest BCUT2D eigenvalue weighted by Gasteiger charge is 2.33. The number of fused-ring (bicyclic) bond motifs is 3. The van der Waals surface area contributed by atoms with Gasteiger partial charge in [-0.25, -0.2) is 17.8 Å². The van der Waals surface area contributed by atoms with Crippen LogP contribution < -0.4 is 0 Å². The van der Waals surface area contributed by atoms with Gasteiger partial charge in [0.05, 0.1) is 23.9 Å². The topological polar surface area (TPSA) is 81.5 Å². The van der Waals surface area contributed by atoms with Crippen LogP contribution in [0, 0.1) is 5.82 Å². The Morgan fingerprint density at radius 2 is 2.06 bits per heavy atom. The van der Waals surface area contributed by atoms with Crippen LogP contribution in [-0.2, 0) is 38.9 Å². The molecule has 10 heteroatoms. The molecule has 0 aliphatic carbocycles. The van der Waals surface area contributed by atoms with Gasteiger partial charge >= 0.3 is 5.97 Å². The first-order valence-electron chi connectivity index (χ1n) is 9.68. The Labute approximate surface area is 184 Å². The number of likely N-dealkylation sites (N-methyl/N-ethyl adjacent to an activating group) is 1. The summed E-state index contributed by atoms with van der Waals surface area (Å²) < 4.78 is 47.5. The van der Waals surface area contributed by atoms with Gasteiger partial charge in [-0.1, -0.05) is 11.6 Å². The summed E-state index contributed by atoms with van der Waals surface area (Å²) in [6.45, 7) is 0.393. The molecule has 1 atom stereocenters. The maximum atomic E-state index is 13.2. The minimum Gasteiger partial charge on any atom is -0.469 e. The second kappa shape index (κ2) is 8.22.